The SMILES string of the molecule is CC(N)(N)CCCC(N)C(=O)O. The van der Waals surface area contributed by atoms with E-state index in [1.807, 2.05) is 0 Å². The molecule has 7 N–H and O–H groups in total. The number of carboxylic acid groups (broad SMARTS) is 1. The maximum Gasteiger partial charge on any atom is 0.320 e. The summed E-state index contributed by atoms with van der Waals surface area (Å²) in [6.07, 6.45) is 1.63. The van der Waals surface area contributed by atoms with Crippen molar-refractivity contribution in [3.63, 3.8) is 0 Å². The molecule has 5 nitrogen and oxygen atoms in total. The van der Waals surface area contributed by atoms with Gasteiger partial charge in [-0.3, -0.25) is 4.79 Å². The van der Waals surface area contributed by atoms with Gasteiger partial charge in [0.15, 0.2) is 0 Å². The minimum absolute atomic E-state index is 0.416. The summed E-state index contributed by atoms with van der Waals surface area (Å²) in [5.74, 6) is -0.981. The average molecular weight is 175 g/mol. The van der Waals surface area contributed by atoms with Crippen molar-refractivity contribution < 1.29 is 9.90 Å². The van der Waals surface area contributed by atoms with E-state index in [2.05, 4.69) is 0 Å². The van der Waals surface area contributed by atoms with Gasteiger partial charge in [0.1, 0.15) is 6.04 Å². The van der Waals surface area contributed by atoms with Gasteiger partial charge in [-0.2, -0.15) is 0 Å². The molecule has 1 unspecified atom stereocenters. The van der Waals surface area contributed by atoms with Gasteiger partial charge in [0.05, 0.1) is 5.66 Å². The van der Waals surface area contributed by atoms with Gasteiger partial charge in [-0.15, -0.1) is 0 Å². The molecule has 0 radical (unpaired) electrons. The predicted octanol–water partition coefficient (Wildman–Crippen LogP) is -0.798. The number of carbonyl (C=O) groups is 1. The third-order valence-corrected chi connectivity index (χ3v) is 1.55. The Morgan fingerprint density at radius 1 is 1.58 bits per heavy atom. The number of rotatable bonds is 5. The van der Waals surface area contributed by atoms with Crippen LogP contribution in [0.2, 0.25) is 0 Å². The van der Waals surface area contributed by atoms with E-state index in [9.17, 15) is 4.79 Å². The first-order valence-electron chi connectivity index (χ1n) is 3.89. The lowest BCUT2D eigenvalue weighted by Crippen LogP contribution is -2.46. The van der Waals surface area contributed by atoms with Crippen LogP contribution in [0.4, 0.5) is 0 Å². The lowest BCUT2D eigenvalue weighted by molar-refractivity contribution is -0.138. The van der Waals surface area contributed by atoms with Crippen molar-refractivity contribution in [2.45, 2.75) is 37.9 Å². The highest BCUT2D eigenvalue weighted by Gasteiger charge is 2.14. The molecule has 0 aliphatic rings. The molecule has 0 amide bonds. The third-order valence-electron chi connectivity index (χ3n) is 1.55. The lowest BCUT2D eigenvalue weighted by atomic mass is 10.0. The van der Waals surface area contributed by atoms with Crippen LogP contribution in [0, 0.1) is 0 Å². The van der Waals surface area contributed by atoms with Gasteiger partial charge in [0, 0.05) is 0 Å². The molecule has 5 heteroatoms. The normalized spacial score (nSPS) is 14.3. The Bertz CT molecular complexity index is 153. The van der Waals surface area contributed by atoms with Crippen LogP contribution in [0.25, 0.3) is 0 Å². The third kappa shape index (κ3) is 6.09. The Hall–Kier alpha value is -0.650. The van der Waals surface area contributed by atoms with Crippen LogP contribution in [0.1, 0.15) is 26.2 Å². The molecule has 0 spiro atoms. The minimum atomic E-state index is -0.981. The highest BCUT2D eigenvalue weighted by molar-refractivity contribution is 5.72. The standard InChI is InChI=1S/C7H17N3O2/c1-7(9,10)4-2-3-5(8)6(11)12/h5H,2-4,8-10H2,1H3,(H,11,12). The van der Waals surface area contributed by atoms with Crippen LogP contribution in [-0.2, 0) is 4.79 Å². The van der Waals surface area contributed by atoms with Gasteiger partial charge in [0.25, 0.3) is 0 Å². The number of hydrogen-bond acceptors (Lipinski definition) is 4. The number of carboxylic acids is 1. The molecule has 0 bridgehead atoms. The fourth-order valence-corrected chi connectivity index (χ4v) is 0.826. The molecule has 0 aliphatic heterocycles. The van der Waals surface area contributed by atoms with Crippen LogP contribution in [0.5, 0.6) is 0 Å². The van der Waals surface area contributed by atoms with Crippen molar-refractivity contribution in [3.8, 4) is 0 Å². The highest BCUT2D eigenvalue weighted by atomic mass is 16.4. The van der Waals surface area contributed by atoms with Crippen molar-refractivity contribution in [3.05, 3.63) is 0 Å². The molecular formula is C7H17N3O2. The molecule has 72 valence electrons. The molecular weight excluding hydrogens is 158 g/mol. The van der Waals surface area contributed by atoms with E-state index in [1.165, 1.54) is 0 Å². The van der Waals surface area contributed by atoms with E-state index in [4.69, 9.17) is 22.3 Å². The monoisotopic (exact) mass is 175 g/mol. The van der Waals surface area contributed by atoms with E-state index in [0.29, 0.717) is 19.3 Å². The summed E-state index contributed by atoms with van der Waals surface area (Å²) < 4.78 is 0. The predicted molar refractivity (Wildman–Crippen MR) is 46.2 cm³/mol. The first-order chi connectivity index (χ1) is 5.33. The van der Waals surface area contributed by atoms with Crippen LogP contribution in [0.3, 0.4) is 0 Å². The summed E-state index contributed by atoms with van der Waals surface area (Å²) >= 11 is 0. The highest BCUT2D eigenvalue weighted by Crippen LogP contribution is 2.05. The van der Waals surface area contributed by atoms with Gasteiger partial charge in [-0.1, -0.05) is 0 Å². The topological polar surface area (TPSA) is 115 Å². The Kier molecular flexibility index (Phi) is 4.16. The van der Waals surface area contributed by atoms with Crippen molar-refractivity contribution in [1.29, 1.82) is 0 Å². The number of nitrogens with two attached hydrogens (primary N) is 3. The van der Waals surface area contributed by atoms with Gasteiger partial charge in [-0.05, 0) is 26.2 Å². The Balaban J connectivity index is 3.51. The van der Waals surface area contributed by atoms with Crippen LogP contribution in [-0.4, -0.2) is 22.8 Å². The van der Waals surface area contributed by atoms with Crippen molar-refractivity contribution in [2.75, 3.05) is 0 Å². The molecule has 0 aliphatic carbocycles. The number of aliphatic carboxylic acids is 1. The maximum atomic E-state index is 10.3. The van der Waals surface area contributed by atoms with Crippen molar-refractivity contribution in [1.82, 2.24) is 0 Å². The molecule has 0 saturated carbocycles. The molecule has 0 aromatic carbocycles. The summed E-state index contributed by atoms with van der Waals surface area (Å²) in [5.41, 5.74) is 15.5. The zero-order chi connectivity index (χ0) is 9.78. The molecule has 0 aromatic heterocycles. The summed E-state index contributed by atoms with van der Waals surface area (Å²) in [5, 5.41) is 8.42. The molecule has 0 fully saturated rings. The largest absolute Gasteiger partial charge is 0.480 e. The summed E-state index contributed by atoms with van der Waals surface area (Å²) in [6, 6.07) is -0.799. The molecule has 0 rings (SSSR count). The summed E-state index contributed by atoms with van der Waals surface area (Å²) in [6.45, 7) is 1.69. The van der Waals surface area contributed by atoms with Crippen LogP contribution in [0.15, 0.2) is 0 Å². The Labute approximate surface area is 71.9 Å². The smallest absolute Gasteiger partial charge is 0.320 e. The molecule has 0 aromatic rings. The average Bonchev–Trinajstić information content (AvgIpc) is 1.84. The van der Waals surface area contributed by atoms with Crippen molar-refractivity contribution >= 4 is 5.97 Å². The van der Waals surface area contributed by atoms with Crippen molar-refractivity contribution in [2.24, 2.45) is 17.2 Å². The van der Waals surface area contributed by atoms with Crippen LogP contribution < -0.4 is 17.2 Å². The maximum absolute atomic E-state index is 10.3. The Morgan fingerprint density at radius 3 is 2.42 bits per heavy atom. The fourth-order valence-electron chi connectivity index (χ4n) is 0.826. The van der Waals surface area contributed by atoms with Gasteiger partial charge in [0.2, 0.25) is 0 Å². The van der Waals surface area contributed by atoms with E-state index in [1.54, 1.807) is 6.92 Å². The molecule has 1 atom stereocenters. The molecule has 12 heavy (non-hydrogen) atoms. The summed E-state index contributed by atoms with van der Waals surface area (Å²) in [4.78, 5) is 10.3. The van der Waals surface area contributed by atoms with E-state index >= 15 is 0 Å². The van der Waals surface area contributed by atoms with Gasteiger partial charge < -0.3 is 22.3 Å². The second-order valence-corrected chi connectivity index (χ2v) is 3.34. The lowest BCUT2D eigenvalue weighted by Gasteiger charge is -2.18. The quantitative estimate of drug-likeness (QED) is 0.408. The summed E-state index contributed by atoms with van der Waals surface area (Å²) in [7, 11) is 0. The first-order valence-corrected chi connectivity index (χ1v) is 3.89. The van der Waals surface area contributed by atoms with E-state index in [-0.39, 0.29) is 0 Å². The number of hydrogen-bond donors (Lipinski definition) is 4. The molecule has 0 saturated heterocycles. The first kappa shape index (κ1) is 11.4. The Morgan fingerprint density at radius 2 is 2.08 bits per heavy atom. The zero-order valence-electron chi connectivity index (χ0n) is 7.29. The van der Waals surface area contributed by atoms with Gasteiger partial charge in [-0.25, -0.2) is 0 Å². The van der Waals surface area contributed by atoms with E-state index in [0.717, 1.165) is 0 Å². The van der Waals surface area contributed by atoms with Crippen LogP contribution >= 0.6 is 0 Å². The second-order valence-electron chi connectivity index (χ2n) is 3.34. The molecule has 0 heterocycles. The van der Waals surface area contributed by atoms with E-state index < -0.39 is 17.7 Å². The second kappa shape index (κ2) is 4.39. The minimum Gasteiger partial charge on any atom is -0.480 e. The zero-order valence-corrected chi connectivity index (χ0v) is 7.29. The van der Waals surface area contributed by atoms with Gasteiger partial charge >= 0.3 is 5.97 Å². The fraction of sp³-hybridized carbons (Fsp3) is 0.857.